The van der Waals surface area contributed by atoms with E-state index < -0.39 is 6.29 Å². The van der Waals surface area contributed by atoms with Gasteiger partial charge in [0.1, 0.15) is 17.2 Å². The first kappa shape index (κ1) is 23.2. The van der Waals surface area contributed by atoms with Crippen molar-refractivity contribution in [2.24, 2.45) is 0 Å². The fourth-order valence-electron chi connectivity index (χ4n) is 4.04. The van der Waals surface area contributed by atoms with E-state index in [1.165, 1.54) is 30.4 Å². The van der Waals surface area contributed by atoms with Crippen LogP contribution >= 0.6 is 0 Å². The lowest BCUT2D eigenvalue weighted by Gasteiger charge is -2.26. The molecule has 1 saturated carbocycles. The Balaban J connectivity index is 1.44. The lowest BCUT2D eigenvalue weighted by molar-refractivity contribution is -0.116. The van der Waals surface area contributed by atoms with Crippen molar-refractivity contribution in [2.45, 2.75) is 71.6 Å². The highest BCUT2D eigenvalue weighted by atomic mass is 16.7. The molecule has 1 atom stereocenters. The highest BCUT2D eigenvalue weighted by molar-refractivity contribution is 5.32. The molecule has 0 heterocycles. The second-order valence-electron chi connectivity index (χ2n) is 8.84. The van der Waals surface area contributed by atoms with Crippen molar-refractivity contribution >= 4 is 0 Å². The summed E-state index contributed by atoms with van der Waals surface area (Å²) < 4.78 is 24.5. The Morgan fingerprint density at radius 3 is 1.58 bits per heavy atom. The summed E-state index contributed by atoms with van der Waals surface area (Å²) in [7, 11) is 0. The van der Waals surface area contributed by atoms with Gasteiger partial charge < -0.3 is 18.9 Å². The lowest BCUT2D eigenvalue weighted by atomic mass is 9.98. The maximum Gasteiger partial charge on any atom is 0.267 e. The van der Waals surface area contributed by atoms with Crippen LogP contribution in [-0.2, 0) is 4.74 Å². The standard InChI is InChI=1S/C29H34O4/c1-21-9-15-27(16-10-21)32-29(33-28-17-11-22(2)12-18-28)24-13-19-26(20-14-24)31-23(3)30-25-7-5-4-6-8-25/h9-20,23,25,29H,4-8H2,1-3H3. The van der Waals surface area contributed by atoms with Crippen LogP contribution < -0.4 is 14.2 Å². The normalized spacial score (nSPS) is 15.3. The van der Waals surface area contributed by atoms with Crippen LogP contribution in [0.2, 0.25) is 0 Å². The molecule has 1 aliphatic carbocycles. The number of hydrogen-bond acceptors (Lipinski definition) is 4. The Hall–Kier alpha value is -2.98. The van der Waals surface area contributed by atoms with Crippen LogP contribution in [0.3, 0.4) is 0 Å². The third-order valence-electron chi connectivity index (χ3n) is 5.92. The van der Waals surface area contributed by atoms with Gasteiger partial charge in [0.2, 0.25) is 0 Å². The van der Waals surface area contributed by atoms with Crippen molar-refractivity contribution in [3.05, 3.63) is 89.5 Å². The molecule has 1 aliphatic rings. The van der Waals surface area contributed by atoms with Crippen molar-refractivity contribution < 1.29 is 18.9 Å². The molecule has 1 fully saturated rings. The SMILES string of the molecule is Cc1ccc(OC(Oc2ccc(C)cc2)c2ccc(OC(C)OC3CCCCC3)cc2)cc1. The fraction of sp³-hybridized carbons (Fsp3) is 0.379. The molecular formula is C29H34O4. The molecule has 174 valence electrons. The third kappa shape index (κ3) is 7.00. The highest BCUT2D eigenvalue weighted by Crippen LogP contribution is 2.28. The van der Waals surface area contributed by atoms with Gasteiger partial charge in [-0.1, -0.05) is 54.7 Å². The predicted molar refractivity (Wildman–Crippen MR) is 131 cm³/mol. The van der Waals surface area contributed by atoms with E-state index in [1.54, 1.807) is 0 Å². The second kappa shape index (κ2) is 11.2. The molecule has 4 nitrogen and oxygen atoms in total. The summed E-state index contributed by atoms with van der Waals surface area (Å²) in [6, 6.07) is 23.8. The molecule has 3 aromatic rings. The number of ether oxygens (including phenoxy) is 4. The fourth-order valence-corrected chi connectivity index (χ4v) is 4.04. The van der Waals surface area contributed by atoms with Crippen LogP contribution in [0.1, 0.15) is 62.0 Å². The minimum Gasteiger partial charge on any atom is -0.465 e. The van der Waals surface area contributed by atoms with E-state index in [1.807, 2.05) is 79.7 Å². The van der Waals surface area contributed by atoms with Gasteiger partial charge in [-0.15, -0.1) is 0 Å². The van der Waals surface area contributed by atoms with Gasteiger partial charge in [0.25, 0.3) is 6.29 Å². The molecule has 4 heteroatoms. The molecule has 0 aliphatic heterocycles. The molecular weight excluding hydrogens is 412 g/mol. The summed E-state index contributed by atoms with van der Waals surface area (Å²) in [5.41, 5.74) is 3.28. The van der Waals surface area contributed by atoms with E-state index in [0.29, 0.717) is 6.10 Å². The summed E-state index contributed by atoms with van der Waals surface area (Å²) in [5, 5.41) is 0. The lowest BCUT2D eigenvalue weighted by Crippen LogP contribution is -2.26. The van der Waals surface area contributed by atoms with Crippen molar-refractivity contribution in [2.75, 3.05) is 0 Å². The zero-order chi connectivity index (χ0) is 23.0. The van der Waals surface area contributed by atoms with E-state index in [0.717, 1.165) is 35.7 Å². The molecule has 0 N–H and O–H groups in total. The highest BCUT2D eigenvalue weighted by Gasteiger charge is 2.19. The third-order valence-corrected chi connectivity index (χ3v) is 5.92. The number of aryl methyl sites for hydroxylation is 2. The summed E-state index contributed by atoms with van der Waals surface area (Å²) in [4.78, 5) is 0. The first-order valence-electron chi connectivity index (χ1n) is 11.9. The number of hydrogen-bond donors (Lipinski definition) is 0. The van der Waals surface area contributed by atoms with Gasteiger partial charge in [0.15, 0.2) is 6.29 Å². The summed E-state index contributed by atoms with van der Waals surface area (Å²) in [5.74, 6) is 2.28. The van der Waals surface area contributed by atoms with Gasteiger partial charge >= 0.3 is 0 Å². The Morgan fingerprint density at radius 1 is 0.606 bits per heavy atom. The summed E-state index contributed by atoms with van der Waals surface area (Å²) >= 11 is 0. The van der Waals surface area contributed by atoms with E-state index in [4.69, 9.17) is 18.9 Å². The first-order valence-corrected chi connectivity index (χ1v) is 11.9. The van der Waals surface area contributed by atoms with E-state index in [-0.39, 0.29) is 6.29 Å². The van der Waals surface area contributed by atoms with Gasteiger partial charge in [-0.05, 0) is 82.1 Å². The molecule has 0 radical (unpaired) electrons. The molecule has 33 heavy (non-hydrogen) atoms. The van der Waals surface area contributed by atoms with Crippen LogP contribution in [0.4, 0.5) is 0 Å². The van der Waals surface area contributed by atoms with E-state index in [9.17, 15) is 0 Å². The van der Waals surface area contributed by atoms with Crippen molar-refractivity contribution in [1.29, 1.82) is 0 Å². The maximum atomic E-state index is 6.22. The summed E-state index contributed by atoms with van der Waals surface area (Å²) in [6.45, 7) is 6.08. The van der Waals surface area contributed by atoms with Gasteiger partial charge in [0, 0.05) is 5.56 Å². The molecule has 1 unspecified atom stereocenters. The molecule has 0 amide bonds. The maximum absolute atomic E-state index is 6.22. The molecule has 0 aromatic heterocycles. The van der Waals surface area contributed by atoms with Crippen LogP contribution in [-0.4, -0.2) is 12.4 Å². The predicted octanol–water partition coefficient (Wildman–Crippen LogP) is 7.53. The number of rotatable bonds is 9. The average Bonchev–Trinajstić information content (AvgIpc) is 2.82. The smallest absolute Gasteiger partial charge is 0.267 e. The van der Waals surface area contributed by atoms with E-state index >= 15 is 0 Å². The molecule has 4 rings (SSSR count). The minimum absolute atomic E-state index is 0.276. The molecule has 0 bridgehead atoms. The Bertz CT molecular complexity index is 926. The molecule has 0 spiro atoms. The monoisotopic (exact) mass is 446 g/mol. The average molecular weight is 447 g/mol. The zero-order valence-electron chi connectivity index (χ0n) is 19.8. The topological polar surface area (TPSA) is 36.9 Å². The van der Waals surface area contributed by atoms with E-state index in [2.05, 4.69) is 13.8 Å². The zero-order valence-corrected chi connectivity index (χ0v) is 19.8. The van der Waals surface area contributed by atoms with Crippen molar-refractivity contribution in [1.82, 2.24) is 0 Å². The number of benzene rings is 3. The largest absolute Gasteiger partial charge is 0.465 e. The first-order chi connectivity index (χ1) is 16.0. The van der Waals surface area contributed by atoms with Crippen LogP contribution in [0.25, 0.3) is 0 Å². The van der Waals surface area contributed by atoms with Gasteiger partial charge in [-0.3, -0.25) is 0 Å². The Morgan fingerprint density at radius 2 is 1.06 bits per heavy atom. The van der Waals surface area contributed by atoms with Gasteiger partial charge in [-0.25, -0.2) is 0 Å². The molecule has 3 aromatic carbocycles. The Kier molecular flexibility index (Phi) is 7.90. The van der Waals surface area contributed by atoms with Crippen molar-refractivity contribution in [3.8, 4) is 17.2 Å². The minimum atomic E-state index is -0.583. The molecule has 0 saturated heterocycles. The van der Waals surface area contributed by atoms with Crippen LogP contribution in [0, 0.1) is 13.8 Å². The van der Waals surface area contributed by atoms with Crippen LogP contribution in [0.15, 0.2) is 72.8 Å². The van der Waals surface area contributed by atoms with Crippen LogP contribution in [0.5, 0.6) is 17.2 Å². The second-order valence-corrected chi connectivity index (χ2v) is 8.84. The van der Waals surface area contributed by atoms with Gasteiger partial charge in [-0.2, -0.15) is 0 Å². The summed E-state index contributed by atoms with van der Waals surface area (Å²) in [6.07, 6.45) is 5.51. The Labute approximate surface area is 197 Å². The van der Waals surface area contributed by atoms with Crippen molar-refractivity contribution in [3.63, 3.8) is 0 Å². The quantitative estimate of drug-likeness (QED) is 0.318. The van der Waals surface area contributed by atoms with Gasteiger partial charge in [0.05, 0.1) is 6.10 Å².